The van der Waals surface area contributed by atoms with Gasteiger partial charge >= 0.3 is 0 Å². The normalized spacial score (nSPS) is 12.9. The Balaban J connectivity index is 1.91. The Kier molecular flexibility index (Phi) is 5.22. The molecule has 0 aromatic heterocycles. The fraction of sp³-hybridized carbons (Fsp3) is 0.500. The van der Waals surface area contributed by atoms with Gasteiger partial charge in [-0.15, -0.1) is 0 Å². The minimum atomic E-state index is 0.0852. The molecule has 2 N–H and O–H groups in total. The molecule has 2 rings (SSSR count). The molecule has 0 unspecified atom stereocenters. The van der Waals surface area contributed by atoms with Crippen LogP contribution in [0.15, 0.2) is 16.6 Å². The molecular formula is C14H19BrN2O2. The number of carbonyl (C=O) groups is 1. The zero-order chi connectivity index (χ0) is 13.7. The summed E-state index contributed by atoms with van der Waals surface area (Å²) in [5.41, 5.74) is 2.26. The molecule has 0 saturated carbocycles. The van der Waals surface area contributed by atoms with E-state index in [0.29, 0.717) is 13.0 Å². The lowest BCUT2D eigenvalue weighted by Crippen LogP contribution is -2.23. The summed E-state index contributed by atoms with van der Waals surface area (Å²) >= 11 is 3.50. The Bertz CT molecular complexity index is 463. The van der Waals surface area contributed by atoms with E-state index in [1.165, 1.54) is 5.56 Å². The highest BCUT2D eigenvalue weighted by molar-refractivity contribution is 9.10. The Morgan fingerprint density at radius 1 is 1.47 bits per heavy atom. The summed E-state index contributed by atoms with van der Waals surface area (Å²) < 4.78 is 6.67. The fourth-order valence-corrected chi connectivity index (χ4v) is 2.74. The predicted molar refractivity (Wildman–Crippen MR) is 78.3 cm³/mol. The molecule has 0 aliphatic carbocycles. The predicted octanol–water partition coefficient (Wildman–Crippen LogP) is 2.00. The first-order chi connectivity index (χ1) is 9.20. The average molecular weight is 327 g/mol. The number of hydrogen-bond acceptors (Lipinski definition) is 3. The van der Waals surface area contributed by atoms with E-state index < -0.39 is 0 Å². The van der Waals surface area contributed by atoms with Gasteiger partial charge in [0.1, 0.15) is 5.75 Å². The number of benzene rings is 1. The molecule has 1 aromatic carbocycles. The lowest BCUT2D eigenvalue weighted by atomic mass is 10.1. The van der Waals surface area contributed by atoms with Crippen LogP contribution in [0.25, 0.3) is 0 Å². The molecule has 104 valence electrons. The molecule has 0 spiro atoms. The van der Waals surface area contributed by atoms with E-state index in [1.807, 2.05) is 13.1 Å². The van der Waals surface area contributed by atoms with E-state index in [2.05, 4.69) is 32.6 Å². The summed E-state index contributed by atoms with van der Waals surface area (Å²) in [5.74, 6) is 1.03. The van der Waals surface area contributed by atoms with Crippen molar-refractivity contribution in [1.82, 2.24) is 10.6 Å². The van der Waals surface area contributed by atoms with Crippen LogP contribution in [0, 0.1) is 0 Å². The van der Waals surface area contributed by atoms with E-state index in [-0.39, 0.29) is 5.91 Å². The second kappa shape index (κ2) is 6.91. The number of rotatable bonds is 6. The molecule has 0 atom stereocenters. The van der Waals surface area contributed by atoms with Gasteiger partial charge in [0, 0.05) is 29.4 Å². The van der Waals surface area contributed by atoms with Crippen molar-refractivity contribution in [2.45, 2.75) is 25.8 Å². The first kappa shape index (κ1) is 14.3. The van der Waals surface area contributed by atoms with Crippen LogP contribution in [0.1, 0.15) is 24.0 Å². The SMILES string of the molecule is CNCCCC(=O)NCc1cc(Br)cc2c1OCC2. The Hall–Kier alpha value is -1.07. The van der Waals surface area contributed by atoms with Gasteiger partial charge in [-0.2, -0.15) is 0 Å². The van der Waals surface area contributed by atoms with Gasteiger partial charge in [-0.05, 0) is 37.7 Å². The van der Waals surface area contributed by atoms with Crippen molar-refractivity contribution in [1.29, 1.82) is 0 Å². The largest absolute Gasteiger partial charge is 0.493 e. The number of halogens is 1. The van der Waals surface area contributed by atoms with Crippen molar-refractivity contribution in [2.75, 3.05) is 20.2 Å². The van der Waals surface area contributed by atoms with E-state index in [9.17, 15) is 4.79 Å². The van der Waals surface area contributed by atoms with Crippen LogP contribution in [-0.2, 0) is 17.8 Å². The molecule has 0 radical (unpaired) electrons. The number of fused-ring (bicyclic) bond motifs is 1. The quantitative estimate of drug-likeness (QED) is 0.786. The summed E-state index contributed by atoms with van der Waals surface area (Å²) in [4.78, 5) is 11.7. The zero-order valence-electron chi connectivity index (χ0n) is 11.1. The van der Waals surface area contributed by atoms with Crippen LogP contribution in [-0.4, -0.2) is 26.1 Å². The summed E-state index contributed by atoms with van der Waals surface area (Å²) in [7, 11) is 1.89. The van der Waals surface area contributed by atoms with Gasteiger partial charge in [-0.1, -0.05) is 15.9 Å². The minimum absolute atomic E-state index is 0.0852. The summed E-state index contributed by atoms with van der Waals surface area (Å²) in [6.07, 6.45) is 2.35. The number of amides is 1. The third-order valence-corrected chi connectivity index (χ3v) is 3.59. The van der Waals surface area contributed by atoms with Gasteiger partial charge in [-0.3, -0.25) is 4.79 Å². The van der Waals surface area contributed by atoms with Crippen molar-refractivity contribution in [3.63, 3.8) is 0 Å². The summed E-state index contributed by atoms with van der Waals surface area (Å²) in [6.45, 7) is 2.12. The van der Waals surface area contributed by atoms with Crippen LogP contribution in [0.2, 0.25) is 0 Å². The van der Waals surface area contributed by atoms with Crippen molar-refractivity contribution in [3.05, 3.63) is 27.7 Å². The molecule has 1 heterocycles. The number of nitrogens with one attached hydrogen (secondary N) is 2. The minimum Gasteiger partial charge on any atom is -0.493 e. The molecule has 1 aliphatic heterocycles. The third-order valence-electron chi connectivity index (χ3n) is 3.13. The van der Waals surface area contributed by atoms with Crippen LogP contribution in [0.4, 0.5) is 0 Å². The molecule has 4 nitrogen and oxygen atoms in total. The summed E-state index contributed by atoms with van der Waals surface area (Å²) in [6, 6.07) is 4.10. The first-order valence-corrected chi connectivity index (χ1v) is 7.35. The number of hydrogen-bond donors (Lipinski definition) is 2. The maximum absolute atomic E-state index is 11.7. The van der Waals surface area contributed by atoms with Crippen molar-refractivity contribution < 1.29 is 9.53 Å². The van der Waals surface area contributed by atoms with Crippen molar-refractivity contribution in [3.8, 4) is 5.75 Å². The monoisotopic (exact) mass is 326 g/mol. The van der Waals surface area contributed by atoms with E-state index >= 15 is 0 Å². The molecule has 1 aromatic rings. The van der Waals surface area contributed by atoms with Crippen LogP contribution < -0.4 is 15.4 Å². The van der Waals surface area contributed by atoms with E-state index in [0.717, 1.165) is 41.8 Å². The van der Waals surface area contributed by atoms with Crippen molar-refractivity contribution >= 4 is 21.8 Å². The number of ether oxygens (including phenoxy) is 1. The summed E-state index contributed by atoms with van der Waals surface area (Å²) in [5, 5.41) is 5.98. The van der Waals surface area contributed by atoms with Gasteiger partial charge in [-0.25, -0.2) is 0 Å². The highest BCUT2D eigenvalue weighted by Crippen LogP contribution is 2.32. The second-order valence-corrected chi connectivity index (χ2v) is 5.55. The zero-order valence-corrected chi connectivity index (χ0v) is 12.7. The lowest BCUT2D eigenvalue weighted by molar-refractivity contribution is -0.121. The first-order valence-electron chi connectivity index (χ1n) is 6.56. The van der Waals surface area contributed by atoms with Crippen molar-refractivity contribution in [2.24, 2.45) is 0 Å². The standard InChI is InChI=1S/C14H19BrN2O2/c1-16-5-2-3-13(18)17-9-11-8-12(15)7-10-4-6-19-14(10)11/h7-8,16H,2-6,9H2,1H3,(H,17,18). The van der Waals surface area contributed by atoms with Crippen LogP contribution >= 0.6 is 15.9 Å². The van der Waals surface area contributed by atoms with Crippen LogP contribution in [0.3, 0.4) is 0 Å². The average Bonchev–Trinajstić information content (AvgIpc) is 2.84. The van der Waals surface area contributed by atoms with Gasteiger partial charge < -0.3 is 15.4 Å². The molecule has 19 heavy (non-hydrogen) atoms. The van der Waals surface area contributed by atoms with Crippen LogP contribution in [0.5, 0.6) is 5.75 Å². The molecule has 1 amide bonds. The smallest absolute Gasteiger partial charge is 0.220 e. The molecule has 5 heteroatoms. The Morgan fingerprint density at radius 2 is 2.32 bits per heavy atom. The van der Waals surface area contributed by atoms with E-state index in [1.54, 1.807) is 0 Å². The molecular weight excluding hydrogens is 308 g/mol. The second-order valence-electron chi connectivity index (χ2n) is 4.64. The van der Waals surface area contributed by atoms with Gasteiger partial charge in [0.15, 0.2) is 0 Å². The fourth-order valence-electron chi connectivity index (χ4n) is 2.19. The highest BCUT2D eigenvalue weighted by atomic mass is 79.9. The highest BCUT2D eigenvalue weighted by Gasteiger charge is 2.17. The van der Waals surface area contributed by atoms with Gasteiger partial charge in [0.2, 0.25) is 5.91 Å². The maximum atomic E-state index is 11.7. The Labute approximate surface area is 122 Å². The van der Waals surface area contributed by atoms with E-state index in [4.69, 9.17) is 4.74 Å². The molecule has 0 saturated heterocycles. The maximum Gasteiger partial charge on any atom is 0.220 e. The third kappa shape index (κ3) is 3.94. The Morgan fingerprint density at radius 3 is 3.11 bits per heavy atom. The molecule has 0 bridgehead atoms. The lowest BCUT2D eigenvalue weighted by Gasteiger charge is -2.10. The van der Waals surface area contributed by atoms with Gasteiger partial charge in [0.05, 0.1) is 6.61 Å². The topological polar surface area (TPSA) is 50.4 Å². The molecule has 0 fully saturated rings. The number of carbonyl (C=O) groups excluding carboxylic acids is 1. The molecule has 1 aliphatic rings. The van der Waals surface area contributed by atoms with Gasteiger partial charge in [0.25, 0.3) is 0 Å².